The minimum absolute atomic E-state index is 0.204. The standard InChI is InChI=1S/C16H15FN2O/c17-15-6-2-1-5-14(15)9-11-19-16(20)8-7-13-4-3-10-18-12-13/h1-8,10,12H,9,11H2,(H,19,20). The summed E-state index contributed by atoms with van der Waals surface area (Å²) in [5.41, 5.74) is 1.46. The third-order valence-electron chi connectivity index (χ3n) is 2.76. The van der Waals surface area contributed by atoms with Gasteiger partial charge in [0.05, 0.1) is 0 Å². The first-order chi connectivity index (χ1) is 9.75. The van der Waals surface area contributed by atoms with Crippen molar-refractivity contribution in [2.24, 2.45) is 0 Å². The van der Waals surface area contributed by atoms with Crippen LogP contribution in [0.15, 0.2) is 54.9 Å². The number of pyridine rings is 1. The molecule has 1 aromatic carbocycles. The Bertz CT molecular complexity index is 596. The van der Waals surface area contributed by atoms with Crippen molar-refractivity contribution >= 4 is 12.0 Å². The zero-order valence-electron chi connectivity index (χ0n) is 10.9. The highest BCUT2D eigenvalue weighted by atomic mass is 19.1. The van der Waals surface area contributed by atoms with E-state index in [0.717, 1.165) is 5.56 Å². The van der Waals surface area contributed by atoms with Crippen LogP contribution >= 0.6 is 0 Å². The molecule has 4 heteroatoms. The summed E-state index contributed by atoms with van der Waals surface area (Å²) >= 11 is 0. The average molecular weight is 270 g/mol. The largest absolute Gasteiger partial charge is 0.352 e. The predicted octanol–water partition coefficient (Wildman–Crippen LogP) is 2.59. The van der Waals surface area contributed by atoms with Gasteiger partial charge in [-0.05, 0) is 35.8 Å². The minimum Gasteiger partial charge on any atom is -0.352 e. The Balaban J connectivity index is 1.79. The lowest BCUT2D eigenvalue weighted by Crippen LogP contribution is -2.23. The molecule has 2 rings (SSSR count). The van der Waals surface area contributed by atoms with Crippen LogP contribution in [0.1, 0.15) is 11.1 Å². The number of nitrogens with zero attached hydrogens (tertiary/aromatic N) is 1. The van der Waals surface area contributed by atoms with E-state index in [0.29, 0.717) is 18.5 Å². The van der Waals surface area contributed by atoms with Gasteiger partial charge in [-0.15, -0.1) is 0 Å². The van der Waals surface area contributed by atoms with Crippen LogP contribution in [0, 0.1) is 5.82 Å². The van der Waals surface area contributed by atoms with Crippen LogP contribution in [-0.2, 0) is 11.2 Å². The number of aromatic nitrogens is 1. The van der Waals surface area contributed by atoms with Crippen LogP contribution in [0.4, 0.5) is 4.39 Å². The van der Waals surface area contributed by atoms with E-state index >= 15 is 0 Å². The molecule has 0 fully saturated rings. The molecular weight excluding hydrogens is 255 g/mol. The molecule has 0 saturated carbocycles. The Morgan fingerprint density at radius 3 is 2.85 bits per heavy atom. The lowest BCUT2D eigenvalue weighted by Gasteiger charge is -2.03. The first-order valence-electron chi connectivity index (χ1n) is 6.35. The summed E-state index contributed by atoms with van der Waals surface area (Å²) in [7, 11) is 0. The molecule has 1 heterocycles. The number of rotatable bonds is 5. The highest BCUT2D eigenvalue weighted by Crippen LogP contribution is 2.06. The Kier molecular flexibility index (Phi) is 5.00. The Morgan fingerprint density at radius 2 is 2.10 bits per heavy atom. The van der Waals surface area contributed by atoms with E-state index in [1.54, 1.807) is 42.7 Å². The van der Waals surface area contributed by atoms with E-state index in [1.165, 1.54) is 12.1 Å². The van der Waals surface area contributed by atoms with Gasteiger partial charge in [-0.2, -0.15) is 0 Å². The molecule has 1 N–H and O–H groups in total. The maximum Gasteiger partial charge on any atom is 0.244 e. The molecule has 0 bridgehead atoms. The van der Waals surface area contributed by atoms with Gasteiger partial charge in [-0.25, -0.2) is 4.39 Å². The summed E-state index contributed by atoms with van der Waals surface area (Å²) in [6.07, 6.45) is 6.94. The molecule has 102 valence electrons. The van der Waals surface area contributed by atoms with Crippen LogP contribution in [0.5, 0.6) is 0 Å². The van der Waals surface area contributed by atoms with Gasteiger partial charge in [-0.3, -0.25) is 9.78 Å². The maximum absolute atomic E-state index is 13.3. The fraction of sp³-hybridized carbons (Fsp3) is 0.125. The first-order valence-corrected chi connectivity index (χ1v) is 6.35. The Labute approximate surface area is 117 Å². The third kappa shape index (κ3) is 4.31. The van der Waals surface area contributed by atoms with Gasteiger partial charge in [-0.1, -0.05) is 24.3 Å². The molecule has 0 radical (unpaired) electrons. The van der Waals surface area contributed by atoms with Crippen LogP contribution in [0.3, 0.4) is 0 Å². The van der Waals surface area contributed by atoms with Crippen LogP contribution in [0.25, 0.3) is 6.08 Å². The average Bonchev–Trinajstić information content (AvgIpc) is 2.48. The molecular formula is C16H15FN2O. The molecule has 1 aromatic heterocycles. The van der Waals surface area contributed by atoms with E-state index in [2.05, 4.69) is 10.3 Å². The van der Waals surface area contributed by atoms with Crippen molar-refractivity contribution < 1.29 is 9.18 Å². The quantitative estimate of drug-likeness (QED) is 0.848. The van der Waals surface area contributed by atoms with Crippen molar-refractivity contribution in [1.82, 2.24) is 10.3 Å². The van der Waals surface area contributed by atoms with Gasteiger partial charge in [0.25, 0.3) is 0 Å². The van der Waals surface area contributed by atoms with Gasteiger partial charge in [0.2, 0.25) is 5.91 Å². The molecule has 0 spiro atoms. The van der Waals surface area contributed by atoms with Crippen LogP contribution in [-0.4, -0.2) is 17.4 Å². The summed E-state index contributed by atoms with van der Waals surface area (Å²) in [4.78, 5) is 15.5. The highest BCUT2D eigenvalue weighted by Gasteiger charge is 2.01. The molecule has 0 saturated heterocycles. The second-order valence-electron chi connectivity index (χ2n) is 4.25. The molecule has 2 aromatic rings. The summed E-state index contributed by atoms with van der Waals surface area (Å²) in [5, 5.41) is 2.72. The molecule has 0 aliphatic carbocycles. The van der Waals surface area contributed by atoms with Gasteiger partial charge in [0.1, 0.15) is 5.82 Å². The maximum atomic E-state index is 13.3. The second kappa shape index (κ2) is 7.19. The summed E-state index contributed by atoms with van der Waals surface area (Å²) in [6, 6.07) is 10.2. The minimum atomic E-state index is -0.243. The summed E-state index contributed by atoms with van der Waals surface area (Å²) < 4.78 is 13.3. The number of carbonyl (C=O) groups is 1. The van der Waals surface area contributed by atoms with Crippen molar-refractivity contribution in [3.05, 3.63) is 71.8 Å². The van der Waals surface area contributed by atoms with E-state index in [1.807, 2.05) is 6.07 Å². The molecule has 0 aliphatic rings. The number of hydrogen-bond acceptors (Lipinski definition) is 2. The van der Waals surface area contributed by atoms with E-state index in [4.69, 9.17) is 0 Å². The number of hydrogen-bond donors (Lipinski definition) is 1. The van der Waals surface area contributed by atoms with Gasteiger partial charge >= 0.3 is 0 Å². The third-order valence-corrected chi connectivity index (χ3v) is 2.76. The Morgan fingerprint density at radius 1 is 1.25 bits per heavy atom. The van der Waals surface area contributed by atoms with Crippen molar-refractivity contribution in [2.45, 2.75) is 6.42 Å². The topological polar surface area (TPSA) is 42.0 Å². The number of nitrogens with one attached hydrogen (secondary N) is 1. The van der Waals surface area contributed by atoms with Crippen molar-refractivity contribution in [3.63, 3.8) is 0 Å². The first kappa shape index (κ1) is 13.9. The van der Waals surface area contributed by atoms with Gasteiger partial charge in [0, 0.05) is 25.0 Å². The lowest BCUT2D eigenvalue weighted by molar-refractivity contribution is -0.116. The number of halogens is 1. The molecule has 1 amide bonds. The summed E-state index contributed by atoms with van der Waals surface area (Å²) in [6.45, 7) is 0.400. The van der Waals surface area contributed by atoms with Crippen LogP contribution in [0.2, 0.25) is 0 Å². The van der Waals surface area contributed by atoms with Crippen molar-refractivity contribution in [3.8, 4) is 0 Å². The zero-order chi connectivity index (χ0) is 14.2. The second-order valence-corrected chi connectivity index (χ2v) is 4.25. The van der Waals surface area contributed by atoms with Crippen LogP contribution < -0.4 is 5.32 Å². The number of carbonyl (C=O) groups excluding carboxylic acids is 1. The number of amides is 1. The van der Waals surface area contributed by atoms with Gasteiger partial charge < -0.3 is 5.32 Å². The lowest BCUT2D eigenvalue weighted by atomic mass is 10.1. The molecule has 0 unspecified atom stereocenters. The predicted molar refractivity (Wildman–Crippen MR) is 76.4 cm³/mol. The van der Waals surface area contributed by atoms with Crippen molar-refractivity contribution in [2.75, 3.05) is 6.54 Å². The summed E-state index contributed by atoms with van der Waals surface area (Å²) in [5.74, 6) is -0.446. The highest BCUT2D eigenvalue weighted by molar-refractivity contribution is 5.91. The zero-order valence-corrected chi connectivity index (χ0v) is 10.9. The van der Waals surface area contributed by atoms with E-state index in [-0.39, 0.29) is 11.7 Å². The molecule has 0 aliphatic heterocycles. The fourth-order valence-electron chi connectivity index (χ4n) is 1.73. The molecule has 0 atom stereocenters. The van der Waals surface area contributed by atoms with Crippen molar-refractivity contribution in [1.29, 1.82) is 0 Å². The SMILES string of the molecule is O=C(C=Cc1cccnc1)NCCc1ccccc1F. The Hall–Kier alpha value is -2.49. The normalized spacial score (nSPS) is 10.7. The molecule has 3 nitrogen and oxygen atoms in total. The fourth-order valence-corrected chi connectivity index (χ4v) is 1.73. The monoisotopic (exact) mass is 270 g/mol. The number of benzene rings is 1. The molecule has 20 heavy (non-hydrogen) atoms. The van der Waals surface area contributed by atoms with E-state index < -0.39 is 0 Å². The van der Waals surface area contributed by atoms with E-state index in [9.17, 15) is 9.18 Å². The smallest absolute Gasteiger partial charge is 0.244 e. The van der Waals surface area contributed by atoms with Gasteiger partial charge in [0.15, 0.2) is 0 Å².